The Labute approximate surface area is 256 Å². The molecule has 0 aliphatic rings. The number of carbonyl (C=O) groups is 2. The summed E-state index contributed by atoms with van der Waals surface area (Å²) in [5.74, 6) is 0.689. The molecule has 2 heterocycles. The third kappa shape index (κ3) is 13.4. The first-order chi connectivity index (χ1) is 19.9. The number of rotatable bonds is 9. The smallest absolute Gasteiger partial charge is 0.330 e. The molecule has 0 unspecified atom stereocenters. The summed E-state index contributed by atoms with van der Waals surface area (Å²) in [5.41, 5.74) is 1.80. The summed E-state index contributed by atoms with van der Waals surface area (Å²) in [7, 11) is 0. The van der Waals surface area contributed by atoms with E-state index in [9.17, 15) is 9.59 Å². The molecule has 0 fully saturated rings. The highest BCUT2D eigenvalue weighted by atomic mass is 79.9. The quantitative estimate of drug-likeness (QED) is 0.125. The molecule has 0 radical (unpaired) electrons. The van der Waals surface area contributed by atoms with Gasteiger partial charge in [0.25, 0.3) is 0 Å². The first-order valence-corrected chi connectivity index (χ1v) is 14.2. The molecule has 2 aromatic heterocycles. The summed E-state index contributed by atoms with van der Waals surface area (Å²) < 4.78 is 11.0. The number of hydrogen-bond acceptors (Lipinski definition) is 8. The minimum absolute atomic E-state index is 0.281. The van der Waals surface area contributed by atoms with E-state index in [1.54, 1.807) is 49.1 Å². The Hall–Kier alpha value is -3.80. The van der Waals surface area contributed by atoms with Crippen molar-refractivity contribution in [3.8, 4) is 22.8 Å². The van der Waals surface area contributed by atoms with Gasteiger partial charge in [-0.1, -0.05) is 75.5 Å². The Morgan fingerprint density at radius 1 is 0.927 bits per heavy atom. The number of nitrogens with zero attached hydrogens (tertiary/aromatic N) is 5. The number of aromatic nitrogens is 6. The molecule has 0 spiro atoms. The van der Waals surface area contributed by atoms with Gasteiger partial charge in [0.05, 0.1) is 19.8 Å². The standard InChI is InChI=1S/C14H14ClN3O2.C8H6ClN3.C6H9BrO2/c1-2-20-13(19)7-4-8-18-10-16-14(17-18)11-5-3-6-12(15)9-11;9-7-3-1-2-6(4-7)8-10-5-11-12-8;1-2-9-6(8)4-3-5-7/h3-7,9-10H,2,8H2,1H3;1-5H,(H,10,11,12);3-4H,2,5H2,1H3/b7-4+;;4-3+. The molecule has 13 heteroatoms. The molecular weight excluding hydrogens is 635 g/mol. The van der Waals surface area contributed by atoms with Gasteiger partial charge in [-0.2, -0.15) is 10.2 Å². The van der Waals surface area contributed by atoms with Crippen molar-refractivity contribution >= 4 is 51.1 Å². The van der Waals surface area contributed by atoms with Gasteiger partial charge in [0.1, 0.15) is 12.7 Å². The maximum Gasteiger partial charge on any atom is 0.330 e. The molecule has 0 amide bonds. The molecule has 0 atom stereocenters. The lowest BCUT2D eigenvalue weighted by Crippen LogP contribution is -2.01. The number of aromatic amines is 1. The highest BCUT2D eigenvalue weighted by Gasteiger charge is 2.04. The van der Waals surface area contributed by atoms with E-state index in [1.165, 1.54) is 18.5 Å². The van der Waals surface area contributed by atoms with Crippen LogP contribution in [0.1, 0.15) is 13.8 Å². The van der Waals surface area contributed by atoms with E-state index < -0.39 is 0 Å². The van der Waals surface area contributed by atoms with Gasteiger partial charge in [-0.15, -0.1) is 0 Å². The van der Waals surface area contributed by atoms with Crippen molar-refractivity contribution in [2.24, 2.45) is 0 Å². The summed E-state index contributed by atoms with van der Waals surface area (Å²) in [6.07, 6.45) is 9.22. The third-order valence-electron chi connectivity index (χ3n) is 4.59. The zero-order valence-electron chi connectivity index (χ0n) is 22.4. The van der Waals surface area contributed by atoms with Crippen LogP contribution in [0.25, 0.3) is 22.8 Å². The zero-order chi connectivity index (χ0) is 29.9. The molecule has 0 aliphatic heterocycles. The van der Waals surface area contributed by atoms with Crippen LogP contribution in [-0.2, 0) is 25.6 Å². The van der Waals surface area contributed by atoms with Crippen molar-refractivity contribution in [2.45, 2.75) is 20.4 Å². The van der Waals surface area contributed by atoms with Gasteiger partial charge in [-0.3, -0.25) is 5.10 Å². The lowest BCUT2D eigenvalue weighted by atomic mass is 10.2. The van der Waals surface area contributed by atoms with E-state index >= 15 is 0 Å². The van der Waals surface area contributed by atoms with Crippen molar-refractivity contribution in [2.75, 3.05) is 18.5 Å². The Kier molecular flexibility index (Phi) is 15.7. The fraction of sp³-hybridized carbons (Fsp3) is 0.214. The molecule has 10 nitrogen and oxygen atoms in total. The summed E-state index contributed by atoms with van der Waals surface area (Å²) in [6.45, 7) is 4.80. The predicted octanol–water partition coefficient (Wildman–Crippen LogP) is 6.34. The summed E-state index contributed by atoms with van der Waals surface area (Å²) in [6, 6.07) is 14.8. The Bertz CT molecular complexity index is 1410. The molecule has 216 valence electrons. The first-order valence-electron chi connectivity index (χ1n) is 12.3. The average molecular weight is 664 g/mol. The van der Waals surface area contributed by atoms with E-state index in [-0.39, 0.29) is 11.9 Å². The van der Waals surface area contributed by atoms with Crippen molar-refractivity contribution in [1.29, 1.82) is 0 Å². The summed E-state index contributed by atoms with van der Waals surface area (Å²) >= 11 is 14.9. The molecule has 0 saturated carbocycles. The number of halogens is 3. The van der Waals surface area contributed by atoms with Crippen LogP contribution >= 0.6 is 39.1 Å². The maximum atomic E-state index is 11.1. The Balaban J connectivity index is 0.000000238. The maximum absolute atomic E-state index is 11.1. The van der Waals surface area contributed by atoms with Gasteiger partial charge in [-0.05, 0) is 38.1 Å². The Morgan fingerprint density at radius 2 is 1.54 bits per heavy atom. The van der Waals surface area contributed by atoms with Gasteiger partial charge in [0.15, 0.2) is 11.6 Å². The fourth-order valence-corrected chi connectivity index (χ4v) is 3.47. The SMILES string of the molecule is CCOC(=O)/C=C/CBr.CCOC(=O)/C=C/Cn1cnc(-c2cccc(Cl)c2)n1.Clc1cccc(-c2ncn[nH]2)c1. The molecule has 0 aliphatic carbocycles. The molecule has 4 aromatic rings. The number of allylic oxidation sites excluding steroid dienone is 2. The van der Waals surface area contributed by atoms with E-state index in [2.05, 4.69) is 45.9 Å². The molecule has 4 rings (SSSR count). The molecule has 0 bridgehead atoms. The number of benzene rings is 2. The largest absolute Gasteiger partial charge is 0.463 e. The lowest BCUT2D eigenvalue weighted by molar-refractivity contribution is -0.138. The van der Waals surface area contributed by atoms with Gasteiger partial charge in [-0.25, -0.2) is 24.2 Å². The van der Waals surface area contributed by atoms with Gasteiger partial charge in [0, 0.05) is 38.7 Å². The minimum atomic E-state index is -0.359. The number of carbonyl (C=O) groups excluding carboxylic acids is 2. The number of ether oxygens (including phenoxy) is 2. The van der Waals surface area contributed by atoms with E-state index in [0.29, 0.717) is 41.0 Å². The van der Waals surface area contributed by atoms with E-state index in [1.807, 2.05) is 36.4 Å². The average Bonchev–Trinajstić information content (AvgIpc) is 3.66. The van der Waals surface area contributed by atoms with Gasteiger partial charge < -0.3 is 9.47 Å². The number of hydrogen-bond donors (Lipinski definition) is 1. The van der Waals surface area contributed by atoms with Crippen LogP contribution in [0.5, 0.6) is 0 Å². The summed E-state index contributed by atoms with van der Waals surface area (Å²) in [4.78, 5) is 29.8. The Morgan fingerprint density at radius 3 is 2.10 bits per heavy atom. The second-order valence-electron chi connectivity index (χ2n) is 7.61. The van der Waals surface area contributed by atoms with Gasteiger partial charge >= 0.3 is 11.9 Å². The van der Waals surface area contributed by atoms with Crippen molar-refractivity contribution in [3.63, 3.8) is 0 Å². The first kappa shape index (κ1) is 33.4. The van der Waals surface area contributed by atoms with Crippen LogP contribution in [0, 0.1) is 0 Å². The highest BCUT2D eigenvalue weighted by molar-refractivity contribution is 9.09. The van der Waals surface area contributed by atoms with Crippen LogP contribution in [0.4, 0.5) is 0 Å². The molecule has 41 heavy (non-hydrogen) atoms. The molecular formula is C28H29BrCl2N6O4. The predicted molar refractivity (Wildman–Crippen MR) is 163 cm³/mol. The second kappa shape index (κ2) is 19.3. The van der Waals surface area contributed by atoms with Crippen LogP contribution < -0.4 is 0 Å². The minimum Gasteiger partial charge on any atom is -0.463 e. The van der Waals surface area contributed by atoms with E-state index in [4.69, 9.17) is 27.9 Å². The highest BCUT2D eigenvalue weighted by Crippen LogP contribution is 2.19. The van der Waals surface area contributed by atoms with Crippen LogP contribution in [0.2, 0.25) is 10.0 Å². The second-order valence-corrected chi connectivity index (χ2v) is 9.13. The van der Waals surface area contributed by atoms with Crippen LogP contribution in [-0.4, -0.2) is 60.4 Å². The number of H-pyrrole nitrogens is 1. The number of nitrogens with one attached hydrogen (secondary N) is 1. The van der Waals surface area contributed by atoms with Crippen molar-refractivity contribution < 1.29 is 19.1 Å². The molecule has 2 aromatic carbocycles. The zero-order valence-corrected chi connectivity index (χ0v) is 25.5. The monoisotopic (exact) mass is 662 g/mol. The van der Waals surface area contributed by atoms with Crippen molar-refractivity contribution in [1.82, 2.24) is 29.9 Å². The van der Waals surface area contributed by atoms with Crippen LogP contribution in [0.3, 0.4) is 0 Å². The third-order valence-corrected chi connectivity index (χ3v) is 5.44. The number of alkyl halides is 1. The molecule has 0 saturated heterocycles. The lowest BCUT2D eigenvalue weighted by Gasteiger charge is -1.97. The van der Waals surface area contributed by atoms with Gasteiger partial charge in [0.2, 0.25) is 0 Å². The summed E-state index contributed by atoms with van der Waals surface area (Å²) in [5, 5.41) is 12.8. The number of esters is 2. The topological polar surface area (TPSA) is 125 Å². The molecule has 1 N–H and O–H groups in total. The van der Waals surface area contributed by atoms with Crippen molar-refractivity contribution in [3.05, 3.63) is 95.5 Å². The fourth-order valence-electron chi connectivity index (χ4n) is 2.90. The van der Waals surface area contributed by atoms with E-state index in [0.717, 1.165) is 17.0 Å². The normalized spacial score (nSPS) is 10.5. The van der Waals surface area contributed by atoms with Crippen LogP contribution in [0.15, 0.2) is 85.5 Å².